The number of halogens is 1. The Bertz CT molecular complexity index is 268. The van der Waals surface area contributed by atoms with E-state index in [1.54, 1.807) is 25.2 Å². The Morgan fingerprint density at radius 1 is 1.75 bits per heavy atom. The van der Waals surface area contributed by atoms with Gasteiger partial charge in [0.15, 0.2) is 0 Å². The van der Waals surface area contributed by atoms with Gasteiger partial charge in [-0.1, -0.05) is 30.7 Å². The summed E-state index contributed by atoms with van der Waals surface area (Å²) in [6, 6.07) is 0. The quantitative estimate of drug-likeness (QED) is 0.683. The Kier molecular flexibility index (Phi) is 2.29. The van der Waals surface area contributed by atoms with Crippen LogP contribution in [-0.2, 0) is 4.79 Å². The zero-order chi connectivity index (χ0) is 9.35. The summed E-state index contributed by atoms with van der Waals surface area (Å²) in [6.07, 6.45) is 5.04. The molecule has 0 saturated carbocycles. The number of hydrogen-bond donors (Lipinski definition) is 1. The first-order valence-electron chi connectivity index (χ1n) is 3.77. The summed E-state index contributed by atoms with van der Waals surface area (Å²) in [5.41, 5.74) is -0.807. The molecule has 1 N–H and O–H groups in total. The van der Waals surface area contributed by atoms with Crippen LogP contribution in [0.15, 0.2) is 23.3 Å². The smallest absolute Gasteiger partial charge is 0.313 e. The Hall–Kier alpha value is -0.760. The van der Waals surface area contributed by atoms with E-state index in [2.05, 4.69) is 0 Å². The van der Waals surface area contributed by atoms with Gasteiger partial charge in [0.25, 0.3) is 0 Å². The van der Waals surface area contributed by atoms with Gasteiger partial charge in [-0.05, 0) is 18.9 Å². The average molecular weight is 187 g/mol. The fourth-order valence-electron chi connectivity index (χ4n) is 1.14. The zero-order valence-corrected chi connectivity index (χ0v) is 7.80. The standard InChI is InChI=1S/C9H11ClO2/c1-6-5-7(10)3-4-9(6,2)8(11)12/h3-6H,1-2H3,(H,11,12). The molecule has 12 heavy (non-hydrogen) atoms. The molecule has 66 valence electrons. The average Bonchev–Trinajstić information content (AvgIpc) is 1.97. The Morgan fingerprint density at radius 3 is 2.75 bits per heavy atom. The van der Waals surface area contributed by atoms with Crippen LogP contribution in [0.3, 0.4) is 0 Å². The predicted octanol–water partition coefficient (Wildman–Crippen LogP) is 2.41. The van der Waals surface area contributed by atoms with Gasteiger partial charge in [0, 0.05) is 5.03 Å². The molecule has 0 fully saturated rings. The lowest BCUT2D eigenvalue weighted by atomic mass is 9.75. The van der Waals surface area contributed by atoms with Crippen LogP contribution in [-0.4, -0.2) is 11.1 Å². The molecular formula is C9H11ClO2. The molecule has 0 aromatic carbocycles. The molecule has 3 heteroatoms. The van der Waals surface area contributed by atoms with Gasteiger partial charge in [0.05, 0.1) is 5.41 Å². The summed E-state index contributed by atoms with van der Waals surface area (Å²) < 4.78 is 0. The van der Waals surface area contributed by atoms with E-state index in [1.165, 1.54) is 0 Å². The summed E-state index contributed by atoms with van der Waals surface area (Å²) in [4.78, 5) is 10.9. The van der Waals surface area contributed by atoms with E-state index in [1.807, 2.05) is 6.92 Å². The Balaban J connectivity index is 2.99. The number of hydrogen-bond acceptors (Lipinski definition) is 1. The number of carbonyl (C=O) groups is 1. The van der Waals surface area contributed by atoms with E-state index in [0.717, 1.165) is 0 Å². The van der Waals surface area contributed by atoms with Gasteiger partial charge in [0.1, 0.15) is 0 Å². The highest BCUT2D eigenvalue weighted by Crippen LogP contribution is 2.35. The van der Waals surface area contributed by atoms with E-state index in [4.69, 9.17) is 16.7 Å². The molecule has 0 aliphatic heterocycles. The van der Waals surface area contributed by atoms with Gasteiger partial charge in [-0.3, -0.25) is 4.79 Å². The highest BCUT2D eigenvalue weighted by molar-refractivity contribution is 6.31. The second-order valence-electron chi connectivity index (χ2n) is 3.26. The molecular weight excluding hydrogens is 176 g/mol. The lowest BCUT2D eigenvalue weighted by molar-refractivity contribution is -0.146. The lowest BCUT2D eigenvalue weighted by Crippen LogP contribution is -2.32. The number of allylic oxidation sites excluding steroid dienone is 3. The summed E-state index contributed by atoms with van der Waals surface area (Å²) in [6.45, 7) is 3.54. The van der Waals surface area contributed by atoms with Crippen LogP contribution in [0.1, 0.15) is 13.8 Å². The van der Waals surface area contributed by atoms with Crippen molar-refractivity contribution >= 4 is 17.6 Å². The van der Waals surface area contributed by atoms with Crippen molar-refractivity contribution in [3.8, 4) is 0 Å². The van der Waals surface area contributed by atoms with Crippen molar-refractivity contribution in [1.29, 1.82) is 0 Å². The largest absolute Gasteiger partial charge is 0.481 e. The molecule has 0 spiro atoms. The molecule has 0 saturated heterocycles. The first-order chi connectivity index (χ1) is 5.47. The summed E-state index contributed by atoms with van der Waals surface area (Å²) in [7, 11) is 0. The van der Waals surface area contributed by atoms with Crippen LogP contribution in [0, 0.1) is 11.3 Å². The normalized spacial score (nSPS) is 34.6. The predicted molar refractivity (Wildman–Crippen MR) is 48.0 cm³/mol. The van der Waals surface area contributed by atoms with Crippen molar-refractivity contribution < 1.29 is 9.90 Å². The molecule has 0 bridgehead atoms. The van der Waals surface area contributed by atoms with Gasteiger partial charge in [-0.2, -0.15) is 0 Å². The minimum Gasteiger partial charge on any atom is -0.481 e. The van der Waals surface area contributed by atoms with Gasteiger partial charge in [-0.15, -0.1) is 0 Å². The van der Waals surface area contributed by atoms with Crippen molar-refractivity contribution in [2.24, 2.45) is 11.3 Å². The third kappa shape index (κ3) is 1.39. The minimum absolute atomic E-state index is 0.0625. The summed E-state index contributed by atoms with van der Waals surface area (Å²) in [5.74, 6) is -0.876. The van der Waals surface area contributed by atoms with Gasteiger partial charge < -0.3 is 5.11 Å². The van der Waals surface area contributed by atoms with Crippen molar-refractivity contribution in [1.82, 2.24) is 0 Å². The minimum atomic E-state index is -0.813. The van der Waals surface area contributed by atoms with Gasteiger partial charge >= 0.3 is 5.97 Å². The first-order valence-corrected chi connectivity index (χ1v) is 4.14. The molecule has 0 aromatic rings. The first kappa shape index (κ1) is 9.33. The van der Waals surface area contributed by atoms with Crippen LogP contribution < -0.4 is 0 Å². The maximum atomic E-state index is 10.9. The van der Waals surface area contributed by atoms with E-state index in [0.29, 0.717) is 5.03 Å². The molecule has 2 atom stereocenters. The number of carboxylic acid groups (broad SMARTS) is 1. The summed E-state index contributed by atoms with van der Waals surface area (Å²) >= 11 is 5.72. The van der Waals surface area contributed by atoms with E-state index >= 15 is 0 Å². The second-order valence-corrected chi connectivity index (χ2v) is 3.70. The van der Waals surface area contributed by atoms with Crippen molar-refractivity contribution in [3.63, 3.8) is 0 Å². The lowest BCUT2D eigenvalue weighted by Gasteiger charge is -2.28. The maximum absolute atomic E-state index is 10.9. The Morgan fingerprint density at radius 2 is 2.33 bits per heavy atom. The molecule has 1 aliphatic carbocycles. The van der Waals surface area contributed by atoms with E-state index < -0.39 is 11.4 Å². The van der Waals surface area contributed by atoms with Gasteiger partial charge in [-0.25, -0.2) is 0 Å². The number of carboxylic acids is 1. The molecule has 0 aromatic heterocycles. The highest BCUT2D eigenvalue weighted by Gasteiger charge is 2.36. The van der Waals surface area contributed by atoms with Gasteiger partial charge in [0.2, 0.25) is 0 Å². The number of rotatable bonds is 1. The SMILES string of the molecule is CC1C=C(Cl)C=CC1(C)C(=O)O. The number of aliphatic carboxylic acids is 1. The fraction of sp³-hybridized carbons (Fsp3) is 0.444. The van der Waals surface area contributed by atoms with Crippen LogP contribution >= 0.6 is 11.6 Å². The van der Waals surface area contributed by atoms with Crippen LogP contribution in [0.4, 0.5) is 0 Å². The Labute approximate surface area is 76.5 Å². The third-order valence-electron chi connectivity index (χ3n) is 2.40. The molecule has 2 unspecified atom stereocenters. The summed E-state index contributed by atoms with van der Waals surface area (Å²) in [5, 5.41) is 9.54. The van der Waals surface area contributed by atoms with Crippen molar-refractivity contribution in [2.45, 2.75) is 13.8 Å². The van der Waals surface area contributed by atoms with Crippen LogP contribution in [0.5, 0.6) is 0 Å². The van der Waals surface area contributed by atoms with Crippen LogP contribution in [0.2, 0.25) is 0 Å². The topological polar surface area (TPSA) is 37.3 Å². The van der Waals surface area contributed by atoms with Crippen LogP contribution in [0.25, 0.3) is 0 Å². The van der Waals surface area contributed by atoms with Crippen molar-refractivity contribution in [2.75, 3.05) is 0 Å². The molecule has 2 nitrogen and oxygen atoms in total. The maximum Gasteiger partial charge on any atom is 0.313 e. The molecule has 0 amide bonds. The molecule has 1 rings (SSSR count). The molecule has 1 aliphatic rings. The molecule has 0 heterocycles. The van der Waals surface area contributed by atoms with E-state index in [-0.39, 0.29) is 5.92 Å². The highest BCUT2D eigenvalue weighted by atomic mass is 35.5. The van der Waals surface area contributed by atoms with Crippen molar-refractivity contribution in [3.05, 3.63) is 23.3 Å². The zero-order valence-electron chi connectivity index (χ0n) is 7.04. The third-order valence-corrected chi connectivity index (χ3v) is 2.66. The van der Waals surface area contributed by atoms with E-state index in [9.17, 15) is 4.79 Å². The fourth-order valence-corrected chi connectivity index (χ4v) is 1.39. The molecule has 0 radical (unpaired) electrons. The monoisotopic (exact) mass is 186 g/mol. The second kappa shape index (κ2) is 2.94.